The van der Waals surface area contributed by atoms with Crippen LogP contribution in [0, 0.1) is 13.8 Å². The van der Waals surface area contributed by atoms with Crippen LogP contribution in [-0.4, -0.2) is 18.4 Å². The Balaban J connectivity index is 1.85. The van der Waals surface area contributed by atoms with Crippen LogP contribution >= 0.6 is 0 Å². The molecule has 0 saturated heterocycles. The third-order valence-corrected chi connectivity index (χ3v) is 3.44. The molecule has 0 aliphatic heterocycles. The summed E-state index contributed by atoms with van der Waals surface area (Å²) in [5.41, 5.74) is 3.70. The van der Waals surface area contributed by atoms with Gasteiger partial charge in [0.1, 0.15) is 5.75 Å². The molecule has 0 aromatic heterocycles. The van der Waals surface area contributed by atoms with Gasteiger partial charge in [0.15, 0.2) is 6.61 Å². The molecule has 0 atom stereocenters. The van der Waals surface area contributed by atoms with Gasteiger partial charge in [-0.1, -0.05) is 24.3 Å². The largest absolute Gasteiger partial charge is 0.483 e. The van der Waals surface area contributed by atoms with Crippen molar-refractivity contribution < 1.29 is 14.3 Å². The molecule has 0 unspecified atom stereocenters. The Morgan fingerprint density at radius 1 is 1.08 bits per heavy atom. The van der Waals surface area contributed by atoms with Gasteiger partial charge in [0.2, 0.25) is 5.91 Å². The lowest BCUT2D eigenvalue weighted by atomic mass is 10.1. The Morgan fingerprint density at radius 3 is 2.62 bits per heavy atom. The number of aryl methyl sites for hydroxylation is 2. The van der Waals surface area contributed by atoms with Crippen LogP contribution in [0.4, 0.5) is 5.69 Å². The van der Waals surface area contributed by atoms with Crippen molar-refractivity contribution >= 4 is 17.5 Å². The molecule has 0 radical (unpaired) electrons. The average molecular weight is 326 g/mol. The zero-order valence-electron chi connectivity index (χ0n) is 14.2. The lowest BCUT2D eigenvalue weighted by Gasteiger charge is -2.11. The number of amides is 2. The van der Waals surface area contributed by atoms with E-state index in [0.717, 1.165) is 22.4 Å². The minimum Gasteiger partial charge on any atom is -0.483 e. The number of hydrogen-bond acceptors (Lipinski definition) is 3. The van der Waals surface area contributed by atoms with Gasteiger partial charge in [-0.3, -0.25) is 9.59 Å². The predicted molar refractivity (Wildman–Crippen MR) is 94.0 cm³/mol. The number of benzene rings is 2. The number of nitrogens with one attached hydrogen (secondary N) is 2. The lowest BCUT2D eigenvalue weighted by Crippen LogP contribution is -2.28. The van der Waals surface area contributed by atoms with Gasteiger partial charge in [-0.2, -0.15) is 0 Å². The molecule has 0 bridgehead atoms. The maximum atomic E-state index is 11.9. The van der Waals surface area contributed by atoms with E-state index >= 15 is 0 Å². The molecule has 126 valence electrons. The highest BCUT2D eigenvalue weighted by Gasteiger charge is 2.06. The quantitative estimate of drug-likeness (QED) is 0.857. The molecule has 0 spiro atoms. The Labute approximate surface area is 142 Å². The molecule has 0 aliphatic carbocycles. The molecule has 0 saturated carbocycles. The molecule has 24 heavy (non-hydrogen) atoms. The number of carbonyl (C=O) groups is 2. The van der Waals surface area contributed by atoms with Crippen molar-refractivity contribution in [2.45, 2.75) is 27.3 Å². The SMILES string of the molecule is CC(=O)Nc1cccc(CNC(=O)COc2cc(C)ccc2C)c1. The second-order valence-electron chi connectivity index (χ2n) is 5.72. The van der Waals surface area contributed by atoms with Crippen molar-refractivity contribution in [2.75, 3.05) is 11.9 Å². The smallest absolute Gasteiger partial charge is 0.258 e. The molecule has 2 N–H and O–H groups in total. The normalized spacial score (nSPS) is 10.1. The summed E-state index contributed by atoms with van der Waals surface area (Å²) in [5, 5.41) is 5.52. The number of rotatable bonds is 6. The summed E-state index contributed by atoms with van der Waals surface area (Å²) >= 11 is 0. The van der Waals surface area contributed by atoms with Crippen molar-refractivity contribution in [3.8, 4) is 5.75 Å². The summed E-state index contributed by atoms with van der Waals surface area (Å²) in [6.45, 7) is 5.73. The second-order valence-corrected chi connectivity index (χ2v) is 5.72. The first-order valence-electron chi connectivity index (χ1n) is 7.77. The summed E-state index contributed by atoms with van der Waals surface area (Å²) in [6.07, 6.45) is 0. The fourth-order valence-electron chi connectivity index (χ4n) is 2.22. The summed E-state index contributed by atoms with van der Waals surface area (Å²) in [6, 6.07) is 13.2. The van der Waals surface area contributed by atoms with E-state index in [0.29, 0.717) is 12.2 Å². The molecule has 2 aromatic carbocycles. The third-order valence-electron chi connectivity index (χ3n) is 3.44. The first-order chi connectivity index (χ1) is 11.4. The van der Waals surface area contributed by atoms with Crippen molar-refractivity contribution in [3.05, 3.63) is 59.2 Å². The van der Waals surface area contributed by atoms with Crippen LogP contribution in [-0.2, 0) is 16.1 Å². The van der Waals surface area contributed by atoms with Crippen molar-refractivity contribution in [3.63, 3.8) is 0 Å². The van der Waals surface area contributed by atoms with E-state index in [1.165, 1.54) is 6.92 Å². The van der Waals surface area contributed by atoms with Crippen molar-refractivity contribution in [1.82, 2.24) is 5.32 Å². The predicted octanol–water partition coefficient (Wildman–Crippen LogP) is 2.96. The Morgan fingerprint density at radius 2 is 1.88 bits per heavy atom. The maximum absolute atomic E-state index is 11.9. The number of hydrogen-bond donors (Lipinski definition) is 2. The highest BCUT2D eigenvalue weighted by Crippen LogP contribution is 2.18. The third kappa shape index (κ3) is 5.43. The van der Waals surface area contributed by atoms with Gasteiger partial charge in [-0.25, -0.2) is 0 Å². The van der Waals surface area contributed by atoms with Crippen LogP contribution in [0.1, 0.15) is 23.6 Å². The van der Waals surface area contributed by atoms with E-state index < -0.39 is 0 Å². The monoisotopic (exact) mass is 326 g/mol. The summed E-state index contributed by atoms with van der Waals surface area (Å²) in [5.74, 6) is 0.400. The minimum atomic E-state index is -0.194. The van der Waals surface area contributed by atoms with Crippen molar-refractivity contribution in [1.29, 1.82) is 0 Å². The van der Waals surface area contributed by atoms with Gasteiger partial charge >= 0.3 is 0 Å². The first kappa shape index (κ1) is 17.5. The fraction of sp³-hybridized carbons (Fsp3) is 0.263. The molecule has 0 heterocycles. The minimum absolute atomic E-state index is 0.0321. The first-order valence-corrected chi connectivity index (χ1v) is 7.77. The highest BCUT2D eigenvalue weighted by molar-refractivity contribution is 5.88. The van der Waals surface area contributed by atoms with E-state index in [2.05, 4.69) is 10.6 Å². The van der Waals surface area contributed by atoms with Gasteiger partial charge in [-0.15, -0.1) is 0 Å². The van der Waals surface area contributed by atoms with Gasteiger partial charge in [-0.05, 0) is 48.7 Å². The van der Waals surface area contributed by atoms with E-state index in [-0.39, 0.29) is 18.4 Å². The molecule has 2 aromatic rings. The number of anilines is 1. The molecule has 5 nitrogen and oxygen atoms in total. The van der Waals surface area contributed by atoms with E-state index in [4.69, 9.17) is 4.74 Å². The summed E-state index contributed by atoms with van der Waals surface area (Å²) in [4.78, 5) is 23.0. The van der Waals surface area contributed by atoms with Crippen molar-refractivity contribution in [2.24, 2.45) is 0 Å². The lowest BCUT2D eigenvalue weighted by molar-refractivity contribution is -0.123. The van der Waals surface area contributed by atoms with E-state index in [1.807, 2.05) is 50.2 Å². The number of ether oxygens (including phenoxy) is 1. The van der Waals surface area contributed by atoms with Crippen LogP contribution < -0.4 is 15.4 Å². The van der Waals surface area contributed by atoms with E-state index in [1.54, 1.807) is 6.07 Å². The van der Waals surface area contributed by atoms with Crippen LogP contribution in [0.3, 0.4) is 0 Å². The summed E-state index contributed by atoms with van der Waals surface area (Å²) < 4.78 is 5.58. The molecule has 2 amide bonds. The Bertz CT molecular complexity index is 741. The maximum Gasteiger partial charge on any atom is 0.258 e. The number of carbonyl (C=O) groups excluding carboxylic acids is 2. The molecule has 0 fully saturated rings. The second kappa shape index (κ2) is 8.15. The molecule has 0 aliphatic rings. The highest BCUT2D eigenvalue weighted by atomic mass is 16.5. The zero-order chi connectivity index (χ0) is 17.5. The van der Waals surface area contributed by atoms with Crippen LogP contribution in [0.5, 0.6) is 5.75 Å². The van der Waals surface area contributed by atoms with Gasteiger partial charge in [0, 0.05) is 19.2 Å². The molecule has 5 heteroatoms. The Hall–Kier alpha value is -2.82. The van der Waals surface area contributed by atoms with Gasteiger partial charge in [0.25, 0.3) is 5.91 Å². The van der Waals surface area contributed by atoms with E-state index in [9.17, 15) is 9.59 Å². The van der Waals surface area contributed by atoms with Gasteiger partial charge < -0.3 is 15.4 Å². The zero-order valence-corrected chi connectivity index (χ0v) is 14.2. The fourth-order valence-corrected chi connectivity index (χ4v) is 2.22. The standard InChI is InChI=1S/C19H22N2O3/c1-13-7-8-14(2)18(9-13)24-12-19(23)20-11-16-5-4-6-17(10-16)21-15(3)22/h4-10H,11-12H2,1-3H3,(H,20,23)(H,21,22). The van der Waals surface area contributed by atoms with Crippen LogP contribution in [0.25, 0.3) is 0 Å². The summed E-state index contributed by atoms with van der Waals surface area (Å²) in [7, 11) is 0. The topological polar surface area (TPSA) is 67.4 Å². The molecular formula is C19H22N2O3. The molecular weight excluding hydrogens is 304 g/mol. The van der Waals surface area contributed by atoms with Crippen LogP contribution in [0.2, 0.25) is 0 Å². The van der Waals surface area contributed by atoms with Crippen LogP contribution in [0.15, 0.2) is 42.5 Å². The van der Waals surface area contributed by atoms with Gasteiger partial charge in [0.05, 0.1) is 0 Å². The average Bonchev–Trinajstić information content (AvgIpc) is 2.53. The molecule has 2 rings (SSSR count). The Kier molecular flexibility index (Phi) is 5.95.